The van der Waals surface area contributed by atoms with Crippen molar-refractivity contribution in [2.45, 2.75) is 19.8 Å². The largest absolute Gasteiger partial charge is 0.463 e. The molecule has 0 aliphatic carbocycles. The van der Waals surface area contributed by atoms with Gasteiger partial charge in [0.2, 0.25) is 0 Å². The van der Waals surface area contributed by atoms with E-state index in [1.165, 1.54) is 0 Å². The molecule has 0 aliphatic heterocycles. The number of hydrogen-bond donors (Lipinski definition) is 0. The van der Waals surface area contributed by atoms with Gasteiger partial charge in [-0.15, -0.1) is 0 Å². The van der Waals surface area contributed by atoms with Gasteiger partial charge >= 0.3 is 0 Å². The number of fused-ring (bicyclic) bond motifs is 3. The van der Waals surface area contributed by atoms with Gasteiger partial charge in [0.25, 0.3) is 0 Å². The van der Waals surface area contributed by atoms with E-state index >= 15 is 0 Å². The van der Waals surface area contributed by atoms with E-state index in [1.807, 2.05) is 49.6 Å². The summed E-state index contributed by atoms with van der Waals surface area (Å²) in [5.41, 5.74) is 1.88. The summed E-state index contributed by atoms with van der Waals surface area (Å²) in [5, 5.41) is 6.27. The second-order valence-electron chi connectivity index (χ2n) is 7.17. The first kappa shape index (κ1) is 16.8. The molecule has 1 aromatic heterocycles. The van der Waals surface area contributed by atoms with Crippen molar-refractivity contribution in [2.24, 2.45) is 0 Å². The van der Waals surface area contributed by atoms with Crippen molar-refractivity contribution >= 4 is 38.1 Å². The van der Waals surface area contributed by atoms with Gasteiger partial charge in [0.1, 0.15) is 5.76 Å². The first-order valence-corrected chi connectivity index (χ1v) is 9.73. The van der Waals surface area contributed by atoms with E-state index in [1.54, 1.807) is 0 Å². The third kappa shape index (κ3) is 2.45. The number of furan rings is 1. The number of carbonyl (C=O) groups excluding carboxylic acids is 1. The molecule has 0 aliphatic rings. The quantitative estimate of drug-likeness (QED) is 0.246. The van der Waals surface area contributed by atoms with E-state index < -0.39 is 0 Å². The molecular weight excluding hydrogens is 344 g/mol. The highest BCUT2D eigenvalue weighted by Gasteiger charge is 2.21. The Balaban J connectivity index is 1.98. The SMILES string of the molecule is CCCC(=O)c1c2ccccc2c(-c2occ3ccccc23)c2ccccc12. The standard InChI is InChI=1S/C26H20O2/c1-2-9-23(27)24-19-12-5-7-14-21(19)25(22-15-8-6-13-20(22)24)26-18-11-4-3-10-17(18)16-28-26/h3-8,10-16H,2,9H2,1H3. The van der Waals surface area contributed by atoms with Crippen molar-refractivity contribution in [3.05, 3.63) is 84.6 Å². The molecular formula is C26H20O2. The number of ketones is 1. The molecule has 5 rings (SSSR count). The summed E-state index contributed by atoms with van der Waals surface area (Å²) in [6, 6.07) is 24.6. The van der Waals surface area contributed by atoms with Gasteiger partial charge < -0.3 is 4.42 Å². The lowest BCUT2D eigenvalue weighted by Crippen LogP contribution is -2.02. The van der Waals surface area contributed by atoms with Crippen molar-refractivity contribution in [1.82, 2.24) is 0 Å². The summed E-state index contributed by atoms with van der Waals surface area (Å²) >= 11 is 0. The van der Waals surface area contributed by atoms with Crippen LogP contribution in [0, 0.1) is 0 Å². The van der Waals surface area contributed by atoms with Gasteiger partial charge in [0.05, 0.1) is 6.26 Å². The molecule has 0 spiro atoms. The van der Waals surface area contributed by atoms with Gasteiger partial charge in [0.15, 0.2) is 5.78 Å². The van der Waals surface area contributed by atoms with Crippen LogP contribution >= 0.6 is 0 Å². The Hall–Kier alpha value is -3.39. The van der Waals surface area contributed by atoms with Gasteiger partial charge in [-0.1, -0.05) is 79.7 Å². The molecule has 0 atom stereocenters. The summed E-state index contributed by atoms with van der Waals surface area (Å²) < 4.78 is 6.08. The van der Waals surface area contributed by atoms with Crippen LogP contribution in [0.5, 0.6) is 0 Å². The Labute approximate surface area is 163 Å². The van der Waals surface area contributed by atoms with E-state index in [4.69, 9.17) is 4.42 Å². The summed E-state index contributed by atoms with van der Waals surface area (Å²) in [5.74, 6) is 1.06. The highest BCUT2D eigenvalue weighted by atomic mass is 16.3. The fourth-order valence-electron chi connectivity index (χ4n) is 4.21. The number of benzene rings is 4. The molecule has 0 N–H and O–H groups in total. The maximum atomic E-state index is 13.1. The average Bonchev–Trinajstić information content (AvgIpc) is 3.15. The zero-order chi connectivity index (χ0) is 19.1. The molecule has 0 radical (unpaired) electrons. The monoisotopic (exact) mass is 364 g/mol. The van der Waals surface area contributed by atoms with E-state index in [9.17, 15) is 4.79 Å². The predicted octanol–water partition coefficient (Wildman–Crippen LogP) is 7.39. The van der Waals surface area contributed by atoms with Crippen molar-refractivity contribution < 1.29 is 9.21 Å². The Morgan fingerprint density at radius 3 is 1.89 bits per heavy atom. The van der Waals surface area contributed by atoms with Crippen LogP contribution in [0.4, 0.5) is 0 Å². The Bertz CT molecular complexity index is 1280. The van der Waals surface area contributed by atoms with Gasteiger partial charge in [-0.25, -0.2) is 0 Å². The molecule has 5 aromatic rings. The summed E-state index contributed by atoms with van der Waals surface area (Å²) in [6.07, 6.45) is 3.20. The minimum absolute atomic E-state index is 0.200. The van der Waals surface area contributed by atoms with Gasteiger partial charge in [-0.3, -0.25) is 4.79 Å². The normalized spacial score (nSPS) is 11.5. The number of carbonyl (C=O) groups is 1. The molecule has 2 heteroatoms. The van der Waals surface area contributed by atoms with Crippen LogP contribution < -0.4 is 0 Å². The van der Waals surface area contributed by atoms with Gasteiger partial charge in [0, 0.05) is 28.3 Å². The van der Waals surface area contributed by atoms with Crippen LogP contribution in [-0.2, 0) is 0 Å². The minimum atomic E-state index is 0.200. The van der Waals surface area contributed by atoms with Crippen LogP contribution in [0.3, 0.4) is 0 Å². The summed E-state index contributed by atoms with van der Waals surface area (Å²) in [4.78, 5) is 13.1. The minimum Gasteiger partial charge on any atom is -0.463 e. The highest BCUT2D eigenvalue weighted by Crippen LogP contribution is 2.42. The molecule has 0 amide bonds. The second-order valence-corrected chi connectivity index (χ2v) is 7.17. The Kier molecular flexibility index (Phi) is 3.98. The van der Waals surface area contributed by atoms with Gasteiger partial charge in [-0.2, -0.15) is 0 Å². The maximum absolute atomic E-state index is 13.1. The van der Waals surface area contributed by atoms with Crippen molar-refractivity contribution in [3.63, 3.8) is 0 Å². The fraction of sp³-hybridized carbons (Fsp3) is 0.115. The second kappa shape index (κ2) is 6.65. The molecule has 2 nitrogen and oxygen atoms in total. The first-order chi connectivity index (χ1) is 13.8. The van der Waals surface area contributed by atoms with E-state index in [2.05, 4.69) is 36.4 Å². The smallest absolute Gasteiger partial charge is 0.164 e. The fourth-order valence-corrected chi connectivity index (χ4v) is 4.21. The van der Waals surface area contributed by atoms with Crippen LogP contribution in [0.25, 0.3) is 43.6 Å². The summed E-state index contributed by atoms with van der Waals surface area (Å²) in [7, 11) is 0. The van der Waals surface area contributed by atoms with E-state index in [0.29, 0.717) is 6.42 Å². The van der Waals surface area contributed by atoms with E-state index in [0.717, 1.165) is 55.6 Å². The van der Waals surface area contributed by atoms with Crippen LogP contribution in [0.15, 0.2) is 83.5 Å². The van der Waals surface area contributed by atoms with Crippen molar-refractivity contribution in [1.29, 1.82) is 0 Å². The third-order valence-corrected chi connectivity index (χ3v) is 5.42. The Morgan fingerprint density at radius 1 is 0.750 bits per heavy atom. The zero-order valence-electron chi connectivity index (χ0n) is 15.7. The van der Waals surface area contributed by atoms with E-state index in [-0.39, 0.29) is 5.78 Å². The molecule has 0 saturated heterocycles. The highest BCUT2D eigenvalue weighted by molar-refractivity contribution is 6.25. The lowest BCUT2D eigenvalue weighted by molar-refractivity contribution is 0.0985. The molecule has 0 fully saturated rings. The van der Waals surface area contributed by atoms with Crippen molar-refractivity contribution in [2.75, 3.05) is 0 Å². The molecule has 1 heterocycles. The maximum Gasteiger partial charge on any atom is 0.164 e. The number of rotatable bonds is 4. The topological polar surface area (TPSA) is 30.2 Å². The molecule has 28 heavy (non-hydrogen) atoms. The molecule has 0 unspecified atom stereocenters. The molecule has 4 aromatic carbocycles. The average molecular weight is 364 g/mol. The van der Waals surface area contributed by atoms with Crippen LogP contribution in [0.2, 0.25) is 0 Å². The number of Topliss-reactive ketones (excluding diaryl/α,β-unsaturated/α-hetero) is 1. The van der Waals surface area contributed by atoms with Gasteiger partial charge in [-0.05, 0) is 28.0 Å². The Morgan fingerprint density at radius 2 is 1.29 bits per heavy atom. The van der Waals surface area contributed by atoms with Crippen LogP contribution in [-0.4, -0.2) is 5.78 Å². The summed E-state index contributed by atoms with van der Waals surface area (Å²) in [6.45, 7) is 2.05. The molecule has 0 saturated carbocycles. The molecule has 136 valence electrons. The zero-order valence-corrected chi connectivity index (χ0v) is 15.7. The van der Waals surface area contributed by atoms with Crippen LogP contribution in [0.1, 0.15) is 30.1 Å². The first-order valence-electron chi connectivity index (χ1n) is 9.73. The van der Waals surface area contributed by atoms with Crippen molar-refractivity contribution in [3.8, 4) is 11.3 Å². The lowest BCUT2D eigenvalue weighted by atomic mass is 9.87. The molecule has 0 bridgehead atoms. The predicted molar refractivity (Wildman–Crippen MR) is 116 cm³/mol. The lowest BCUT2D eigenvalue weighted by Gasteiger charge is -2.15. The number of hydrogen-bond acceptors (Lipinski definition) is 2. The third-order valence-electron chi connectivity index (χ3n) is 5.42.